The fourth-order valence-corrected chi connectivity index (χ4v) is 2.41. The molecular formula is C11H12N2O. The van der Waals surface area contributed by atoms with Gasteiger partial charge >= 0.3 is 0 Å². The normalized spacial score (nSPS) is 18.3. The molecule has 0 aliphatic carbocycles. The first-order chi connectivity index (χ1) is 6.90. The van der Waals surface area contributed by atoms with Gasteiger partial charge in [-0.15, -0.1) is 0 Å². The van der Waals surface area contributed by atoms with E-state index in [1.165, 1.54) is 5.69 Å². The lowest BCUT2D eigenvalue weighted by Gasteiger charge is -2.45. The Labute approximate surface area is 82.9 Å². The Morgan fingerprint density at radius 2 is 1.79 bits per heavy atom. The van der Waals surface area contributed by atoms with Crippen molar-refractivity contribution >= 4 is 17.7 Å². The monoisotopic (exact) mass is 188 g/mol. The molecule has 0 unspecified atom stereocenters. The fraction of sp³-hybridized carbons (Fsp3) is 0.364. The summed E-state index contributed by atoms with van der Waals surface area (Å²) in [5, 5.41) is 0. The molecule has 72 valence electrons. The van der Waals surface area contributed by atoms with E-state index in [4.69, 9.17) is 0 Å². The average molecular weight is 188 g/mol. The van der Waals surface area contributed by atoms with Crippen molar-refractivity contribution in [2.24, 2.45) is 0 Å². The summed E-state index contributed by atoms with van der Waals surface area (Å²) < 4.78 is 0. The van der Waals surface area contributed by atoms with Gasteiger partial charge < -0.3 is 9.80 Å². The van der Waals surface area contributed by atoms with E-state index in [1.54, 1.807) is 0 Å². The van der Waals surface area contributed by atoms with Crippen molar-refractivity contribution in [3.63, 3.8) is 0 Å². The average Bonchev–Trinajstić information content (AvgIpc) is 2.30. The third-order valence-electron chi connectivity index (χ3n) is 3.11. The van der Waals surface area contributed by atoms with Crippen LogP contribution in [0, 0.1) is 0 Å². The van der Waals surface area contributed by atoms with Crippen LogP contribution in [-0.4, -0.2) is 32.5 Å². The largest absolute Gasteiger partial charge is 0.366 e. The van der Waals surface area contributed by atoms with Crippen LogP contribution < -0.4 is 9.80 Å². The van der Waals surface area contributed by atoms with Crippen LogP contribution >= 0.6 is 0 Å². The highest BCUT2D eigenvalue weighted by Crippen LogP contribution is 2.38. The lowest BCUT2D eigenvalue weighted by atomic mass is 10.0. The zero-order chi connectivity index (χ0) is 9.54. The smallest absolute Gasteiger partial charge is 0.152 e. The van der Waals surface area contributed by atoms with Crippen LogP contribution in [0.15, 0.2) is 18.2 Å². The van der Waals surface area contributed by atoms with Crippen molar-refractivity contribution in [3.8, 4) is 0 Å². The number of nitrogens with zero attached hydrogens (tertiary/aromatic N) is 2. The van der Waals surface area contributed by atoms with Crippen LogP contribution in [0.25, 0.3) is 0 Å². The van der Waals surface area contributed by atoms with Gasteiger partial charge in [0, 0.05) is 31.7 Å². The number of anilines is 2. The Bertz CT molecular complexity index is 381. The van der Waals surface area contributed by atoms with E-state index in [0.29, 0.717) is 0 Å². The zero-order valence-electron chi connectivity index (χ0n) is 7.94. The van der Waals surface area contributed by atoms with Gasteiger partial charge in [0.1, 0.15) is 0 Å². The van der Waals surface area contributed by atoms with Crippen molar-refractivity contribution in [2.75, 3.05) is 36.0 Å². The molecule has 0 saturated carbocycles. The molecule has 2 bridgehead atoms. The molecule has 1 aromatic carbocycles. The molecule has 0 atom stereocenters. The van der Waals surface area contributed by atoms with E-state index in [-0.39, 0.29) is 0 Å². The van der Waals surface area contributed by atoms with Gasteiger partial charge in [0.15, 0.2) is 6.29 Å². The molecule has 1 saturated heterocycles. The lowest BCUT2D eigenvalue weighted by Crippen LogP contribution is -2.51. The second-order valence-corrected chi connectivity index (χ2v) is 3.81. The number of para-hydroxylation sites is 1. The molecule has 3 heteroatoms. The van der Waals surface area contributed by atoms with Gasteiger partial charge in [-0.1, -0.05) is 6.07 Å². The molecule has 0 spiro atoms. The maximum atomic E-state index is 10.9. The van der Waals surface area contributed by atoms with Gasteiger partial charge in [-0.2, -0.15) is 0 Å². The van der Waals surface area contributed by atoms with E-state index in [0.717, 1.165) is 43.7 Å². The summed E-state index contributed by atoms with van der Waals surface area (Å²) in [5.41, 5.74) is 3.19. The summed E-state index contributed by atoms with van der Waals surface area (Å²) in [7, 11) is 0. The molecule has 4 rings (SSSR count). The number of benzene rings is 1. The quantitative estimate of drug-likeness (QED) is 0.617. The predicted molar refractivity (Wildman–Crippen MR) is 56.3 cm³/mol. The molecule has 14 heavy (non-hydrogen) atoms. The molecule has 3 heterocycles. The van der Waals surface area contributed by atoms with E-state index < -0.39 is 0 Å². The minimum atomic E-state index is 0.826. The number of hydrogen-bond acceptors (Lipinski definition) is 3. The Balaban J connectivity index is 2.23. The summed E-state index contributed by atoms with van der Waals surface area (Å²) >= 11 is 0. The van der Waals surface area contributed by atoms with E-state index in [1.807, 2.05) is 12.1 Å². The van der Waals surface area contributed by atoms with Crippen LogP contribution in [0.4, 0.5) is 11.4 Å². The first-order valence-corrected chi connectivity index (χ1v) is 4.98. The van der Waals surface area contributed by atoms with Crippen molar-refractivity contribution in [1.29, 1.82) is 0 Å². The summed E-state index contributed by atoms with van der Waals surface area (Å²) in [6.07, 6.45) is 0.959. The number of carbonyl (C=O) groups is 1. The van der Waals surface area contributed by atoms with Gasteiger partial charge in [0.05, 0.1) is 11.4 Å². The topological polar surface area (TPSA) is 23.6 Å². The second-order valence-electron chi connectivity index (χ2n) is 3.81. The molecule has 0 aromatic heterocycles. The Kier molecular flexibility index (Phi) is 1.54. The molecule has 0 amide bonds. The molecule has 3 nitrogen and oxygen atoms in total. The molecular weight excluding hydrogens is 176 g/mol. The van der Waals surface area contributed by atoms with Gasteiger partial charge in [-0.25, -0.2) is 0 Å². The highest BCUT2D eigenvalue weighted by atomic mass is 16.1. The summed E-state index contributed by atoms with van der Waals surface area (Å²) in [5.74, 6) is 0. The maximum absolute atomic E-state index is 10.9. The number of piperazine rings is 1. The van der Waals surface area contributed by atoms with Crippen LogP contribution in [0.2, 0.25) is 0 Å². The molecule has 1 aromatic rings. The summed E-state index contributed by atoms with van der Waals surface area (Å²) in [6, 6.07) is 5.96. The standard InChI is InChI=1S/C11H12N2O/c14-8-9-2-1-3-10-11(9)13-6-4-12(10)5-7-13/h1-3,8H,4-7H2. The van der Waals surface area contributed by atoms with Crippen molar-refractivity contribution in [3.05, 3.63) is 23.8 Å². The zero-order valence-corrected chi connectivity index (χ0v) is 7.94. The van der Waals surface area contributed by atoms with Gasteiger partial charge in [-0.05, 0) is 12.1 Å². The number of carbonyl (C=O) groups excluding carboxylic acids is 1. The SMILES string of the molecule is O=Cc1cccc2c1N1CCN2CC1. The first kappa shape index (κ1) is 7.85. The summed E-state index contributed by atoms with van der Waals surface area (Å²) in [4.78, 5) is 15.6. The number of aldehydes is 1. The molecule has 1 fully saturated rings. The molecule has 0 radical (unpaired) electrons. The van der Waals surface area contributed by atoms with E-state index in [2.05, 4.69) is 15.9 Å². The minimum absolute atomic E-state index is 0.826. The van der Waals surface area contributed by atoms with E-state index >= 15 is 0 Å². The van der Waals surface area contributed by atoms with E-state index in [9.17, 15) is 4.79 Å². The predicted octanol–water partition coefficient (Wildman–Crippen LogP) is 1.14. The Morgan fingerprint density at radius 1 is 1.07 bits per heavy atom. The highest BCUT2D eigenvalue weighted by Gasteiger charge is 2.29. The van der Waals surface area contributed by atoms with Crippen LogP contribution in [-0.2, 0) is 0 Å². The van der Waals surface area contributed by atoms with Gasteiger partial charge in [-0.3, -0.25) is 4.79 Å². The Morgan fingerprint density at radius 3 is 2.50 bits per heavy atom. The number of fused-ring (bicyclic) bond motifs is 2. The molecule has 3 aliphatic rings. The van der Waals surface area contributed by atoms with Crippen molar-refractivity contribution < 1.29 is 4.79 Å². The first-order valence-electron chi connectivity index (χ1n) is 4.98. The fourth-order valence-electron chi connectivity index (χ4n) is 2.41. The summed E-state index contributed by atoms with van der Waals surface area (Å²) in [6.45, 7) is 4.29. The second kappa shape index (κ2) is 2.74. The van der Waals surface area contributed by atoms with Crippen LogP contribution in [0.5, 0.6) is 0 Å². The lowest BCUT2D eigenvalue weighted by molar-refractivity contribution is 0.112. The van der Waals surface area contributed by atoms with Crippen molar-refractivity contribution in [1.82, 2.24) is 0 Å². The van der Waals surface area contributed by atoms with Crippen LogP contribution in [0.3, 0.4) is 0 Å². The maximum Gasteiger partial charge on any atom is 0.152 e. The van der Waals surface area contributed by atoms with Crippen LogP contribution in [0.1, 0.15) is 10.4 Å². The minimum Gasteiger partial charge on any atom is -0.366 e. The highest BCUT2D eigenvalue weighted by molar-refractivity contribution is 5.92. The Hall–Kier alpha value is -1.51. The third-order valence-corrected chi connectivity index (χ3v) is 3.11. The number of hydrogen-bond donors (Lipinski definition) is 0. The molecule has 0 N–H and O–H groups in total. The molecule has 3 aliphatic heterocycles. The van der Waals surface area contributed by atoms with Gasteiger partial charge in [0.25, 0.3) is 0 Å². The van der Waals surface area contributed by atoms with Crippen molar-refractivity contribution in [2.45, 2.75) is 0 Å². The number of rotatable bonds is 1. The third kappa shape index (κ3) is 0.895. The van der Waals surface area contributed by atoms with Gasteiger partial charge in [0.2, 0.25) is 0 Å².